The Balaban J connectivity index is 1.60. The monoisotopic (exact) mass is 479 g/mol. The number of carbonyl (C=O) groups is 1. The van der Waals surface area contributed by atoms with E-state index >= 15 is 0 Å². The minimum absolute atomic E-state index is 0.183. The highest BCUT2D eigenvalue weighted by Crippen LogP contribution is 2.23. The molecule has 0 atom stereocenters. The average molecular weight is 480 g/mol. The molecule has 0 saturated carbocycles. The number of hydrogen-bond acceptors (Lipinski definition) is 5. The van der Waals surface area contributed by atoms with Crippen LogP contribution >= 0.6 is 0 Å². The minimum atomic E-state index is -0.269. The Hall–Kier alpha value is -4.72. The van der Waals surface area contributed by atoms with Crippen molar-refractivity contribution in [3.8, 4) is 5.75 Å². The van der Waals surface area contributed by atoms with E-state index in [1.54, 1.807) is 38.3 Å². The van der Waals surface area contributed by atoms with Crippen molar-refractivity contribution in [2.45, 2.75) is 19.9 Å². The van der Waals surface area contributed by atoms with Crippen LogP contribution in [0.1, 0.15) is 32.7 Å². The normalized spacial score (nSPS) is 10.9. The third kappa shape index (κ3) is 4.48. The molecule has 2 heterocycles. The molecule has 36 heavy (non-hydrogen) atoms. The molecule has 0 aliphatic carbocycles. The molecule has 1 amide bonds. The Morgan fingerprint density at radius 3 is 2.33 bits per heavy atom. The van der Waals surface area contributed by atoms with Crippen LogP contribution in [0, 0.1) is 6.92 Å². The molecule has 2 aromatic heterocycles. The van der Waals surface area contributed by atoms with Crippen molar-refractivity contribution in [3.05, 3.63) is 123 Å². The van der Waals surface area contributed by atoms with Crippen LogP contribution in [0.25, 0.3) is 5.78 Å². The fraction of sp³-hybridized carbons (Fsp3) is 0.143. The highest BCUT2D eigenvalue weighted by molar-refractivity contribution is 6.05. The number of nitrogens with one attached hydrogen (secondary N) is 1. The number of amides is 1. The van der Waals surface area contributed by atoms with Crippen molar-refractivity contribution < 1.29 is 9.53 Å². The first-order valence-electron chi connectivity index (χ1n) is 11.6. The van der Waals surface area contributed by atoms with Gasteiger partial charge in [-0.25, -0.2) is 4.98 Å². The number of aromatic nitrogens is 4. The van der Waals surface area contributed by atoms with E-state index < -0.39 is 0 Å². The van der Waals surface area contributed by atoms with Gasteiger partial charge in [0.05, 0.1) is 19.3 Å². The van der Waals surface area contributed by atoms with Crippen molar-refractivity contribution in [1.29, 1.82) is 0 Å². The summed E-state index contributed by atoms with van der Waals surface area (Å²) in [5.41, 5.74) is 3.23. The number of rotatable bonds is 7. The highest BCUT2D eigenvalue weighted by atomic mass is 16.5. The Morgan fingerprint density at radius 2 is 1.61 bits per heavy atom. The van der Waals surface area contributed by atoms with E-state index in [-0.39, 0.29) is 29.7 Å². The van der Waals surface area contributed by atoms with E-state index in [0.29, 0.717) is 29.0 Å². The van der Waals surface area contributed by atoms with Gasteiger partial charge < -0.3 is 4.74 Å². The van der Waals surface area contributed by atoms with Crippen molar-refractivity contribution in [2.24, 2.45) is 0 Å². The molecule has 0 radical (unpaired) electrons. The molecule has 0 fully saturated rings. The first kappa shape index (κ1) is 23.0. The van der Waals surface area contributed by atoms with E-state index in [9.17, 15) is 9.59 Å². The first-order chi connectivity index (χ1) is 17.5. The first-order valence-corrected chi connectivity index (χ1v) is 11.6. The molecule has 8 heteroatoms. The zero-order valence-corrected chi connectivity index (χ0v) is 20.0. The third-order valence-electron chi connectivity index (χ3n) is 6.05. The number of para-hydroxylation sites is 1. The Kier molecular flexibility index (Phi) is 6.32. The van der Waals surface area contributed by atoms with Crippen molar-refractivity contribution in [3.63, 3.8) is 0 Å². The summed E-state index contributed by atoms with van der Waals surface area (Å²) in [5.74, 6) is 0.802. The van der Waals surface area contributed by atoms with E-state index in [1.165, 1.54) is 9.42 Å². The second-order valence-corrected chi connectivity index (χ2v) is 8.40. The summed E-state index contributed by atoms with van der Waals surface area (Å²) in [5, 5.41) is 3.02. The maximum atomic E-state index is 13.6. The Bertz CT molecular complexity index is 1580. The number of carbonyl (C=O) groups excluding carboxylic acids is 1. The number of aryl methyl sites for hydroxylation is 1. The van der Waals surface area contributed by atoms with Crippen LogP contribution in [-0.2, 0) is 13.0 Å². The van der Waals surface area contributed by atoms with Gasteiger partial charge in [0.15, 0.2) is 0 Å². The van der Waals surface area contributed by atoms with Gasteiger partial charge in [-0.15, -0.1) is 0 Å². The van der Waals surface area contributed by atoms with Crippen LogP contribution in [0.15, 0.2) is 89.7 Å². The number of hydrogen-bond donors (Lipinski definition) is 1. The predicted molar refractivity (Wildman–Crippen MR) is 138 cm³/mol. The molecule has 1 N–H and O–H groups in total. The summed E-state index contributed by atoms with van der Waals surface area (Å²) in [6.07, 6.45) is 0.448. The minimum Gasteiger partial charge on any atom is -0.496 e. The van der Waals surface area contributed by atoms with Crippen LogP contribution in [0.4, 0.5) is 5.95 Å². The molecule has 5 rings (SSSR count). The lowest BCUT2D eigenvalue weighted by Crippen LogP contribution is -2.32. The Labute approximate surface area is 207 Å². The molecular weight excluding hydrogens is 454 g/mol. The van der Waals surface area contributed by atoms with E-state index in [0.717, 1.165) is 11.1 Å². The molecule has 0 spiro atoms. The fourth-order valence-corrected chi connectivity index (χ4v) is 4.15. The topological polar surface area (TPSA) is 92.6 Å². The molecule has 0 aliphatic rings. The smallest absolute Gasteiger partial charge is 0.277 e. The molecule has 0 unspecified atom stereocenters. The molecule has 0 aliphatic heterocycles. The molecule has 8 nitrogen and oxygen atoms in total. The van der Waals surface area contributed by atoms with Gasteiger partial charge in [-0.05, 0) is 30.7 Å². The number of benzene rings is 3. The van der Waals surface area contributed by atoms with Crippen molar-refractivity contribution in [1.82, 2.24) is 19.6 Å². The van der Waals surface area contributed by atoms with Gasteiger partial charge in [-0.2, -0.15) is 9.50 Å². The number of anilines is 1. The van der Waals surface area contributed by atoms with Gasteiger partial charge >= 0.3 is 0 Å². The molecule has 3 aromatic carbocycles. The van der Waals surface area contributed by atoms with Crippen LogP contribution in [-0.4, -0.2) is 32.6 Å². The summed E-state index contributed by atoms with van der Waals surface area (Å²) in [6.45, 7) is 1.98. The van der Waals surface area contributed by atoms with Crippen LogP contribution in [0.2, 0.25) is 0 Å². The summed E-state index contributed by atoms with van der Waals surface area (Å²) in [6, 6.07) is 26.2. The standard InChI is InChI=1S/C28H25N5O3/c1-19-23(17-20-11-5-3-6-12-20)26(35)33-27(29-19)30-28(31-33)32(25(34)21-13-7-4-8-14-21)18-22-15-9-10-16-24(22)36-2/h3-16H,17-18H2,1-2H3,(H,29,30,31). The maximum Gasteiger partial charge on any atom is 0.277 e. The van der Waals surface area contributed by atoms with Crippen LogP contribution < -0.4 is 15.2 Å². The zero-order valence-electron chi connectivity index (χ0n) is 20.0. The molecule has 5 aromatic rings. The summed E-state index contributed by atoms with van der Waals surface area (Å²) in [7, 11) is 1.59. The van der Waals surface area contributed by atoms with E-state index in [2.05, 4.69) is 15.1 Å². The molecule has 0 bridgehead atoms. The van der Waals surface area contributed by atoms with E-state index in [4.69, 9.17) is 4.74 Å². The second-order valence-electron chi connectivity index (χ2n) is 8.40. The van der Waals surface area contributed by atoms with Crippen LogP contribution in [0.3, 0.4) is 0 Å². The van der Waals surface area contributed by atoms with Gasteiger partial charge in [-0.3, -0.25) is 19.6 Å². The number of methoxy groups -OCH3 is 1. The number of ether oxygens (including phenoxy) is 1. The fourth-order valence-electron chi connectivity index (χ4n) is 4.15. The largest absolute Gasteiger partial charge is 0.496 e. The summed E-state index contributed by atoms with van der Waals surface area (Å²) < 4.78 is 6.80. The number of nitrogens with zero attached hydrogens (tertiary/aromatic N) is 4. The maximum absolute atomic E-state index is 13.6. The summed E-state index contributed by atoms with van der Waals surface area (Å²) in [4.78, 5) is 37.6. The number of fused-ring (bicyclic) bond motifs is 1. The van der Waals surface area contributed by atoms with Gasteiger partial charge in [0.2, 0.25) is 5.95 Å². The predicted octanol–water partition coefficient (Wildman–Crippen LogP) is 4.17. The highest BCUT2D eigenvalue weighted by Gasteiger charge is 2.24. The van der Waals surface area contributed by atoms with Gasteiger partial charge in [-0.1, -0.05) is 66.7 Å². The van der Waals surface area contributed by atoms with Crippen LogP contribution in [0.5, 0.6) is 5.75 Å². The summed E-state index contributed by atoms with van der Waals surface area (Å²) >= 11 is 0. The number of aromatic amines is 1. The van der Waals surface area contributed by atoms with Crippen molar-refractivity contribution >= 4 is 17.6 Å². The number of H-pyrrole nitrogens is 1. The Morgan fingerprint density at radius 1 is 0.944 bits per heavy atom. The van der Waals surface area contributed by atoms with Gasteiger partial charge in [0.25, 0.3) is 17.2 Å². The molecule has 0 saturated heterocycles. The lowest BCUT2D eigenvalue weighted by Gasteiger charge is -2.21. The van der Waals surface area contributed by atoms with Gasteiger partial charge in [0, 0.05) is 23.1 Å². The van der Waals surface area contributed by atoms with Gasteiger partial charge in [0.1, 0.15) is 5.75 Å². The quantitative estimate of drug-likeness (QED) is 0.378. The lowest BCUT2D eigenvalue weighted by atomic mass is 10.1. The average Bonchev–Trinajstić information content (AvgIpc) is 3.34. The second kappa shape index (κ2) is 9.87. The van der Waals surface area contributed by atoms with E-state index in [1.807, 2.05) is 60.7 Å². The zero-order chi connectivity index (χ0) is 25.1. The van der Waals surface area contributed by atoms with Crippen molar-refractivity contribution in [2.75, 3.05) is 12.0 Å². The molecular formula is C28H25N5O3. The molecule has 180 valence electrons. The lowest BCUT2D eigenvalue weighted by molar-refractivity contribution is 0.0983. The SMILES string of the molecule is COc1ccccc1CN(C(=O)c1ccccc1)c1nc2nc(C)c(Cc3ccccc3)c(=O)n2[nH]1. The third-order valence-corrected chi connectivity index (χ3v) is 6.05.